The summed E-state index contributed by atoms with van der Waals surface area (Å²) in [5, 5.41) is 3.28. The summed E-state index contributed by atoms with van der Waals surface area (Å²) in [7, 11) is 1.63. The Morgan fingerprint density at radius 3 is 2.60 bits per heavy atom. The number of fused-ring (bicyclic) bond motifs is 1. The number of nitrogens with zero attached hydrogens (tertiary/aromatic N) is 1. The van der Waals surface area contributed by atoms with E-state index in [0.717, 1.165) is 29.7 Å². The molecule has 3 N–H and O–H groups in total. The smallest absolute Gasteiger partial charge is 0.253 e. The van der Waals surface area contributed by atoms with Crippen molar-refractivity contribution in [3.05, 3.63) is 94.8 Å². The first-order valence-electron chi connectivity index (χ1n) is 9.79. The predicted octanol–water partition coefficient (Wildman–Crippen LogP) is 3.00. The summed E-state index contributed by atoms with van der Waals surface area (Å²) in [4.78, 5) is 28.5. The number of pyridine rings is 1. The zero-order valence-corrected chi connectivity index (χ0v) is 16.7. The third-order valence-electron chi connectivity index (χ3n) is 5.67. The normalized spacial score (nSPS) is 17.2. The van der Waals surface area contributed by atoms with Gasteiger partial charge in [0.25, 0.3) is 5.91 Å². The van der Waals surface area contributed by atoms with Gasteiger partial charge in [0.2, 0.25) is 5.91 Å². The lowest BCUT2D eigenvalue weighted by Gasteiger charge is -2.32. The van der Waals surface area contributed by atoms with E-state index in [2.05, 4.69) is 16.4 Å². The fourth-order valence-corrected chi connectivity index (χ4v) is 4.11. The molecule has 1 heterocycles. The van der Waals surface area contributed by atoms with Gasteiger partial charge in [0.1, 0.15) is 5.75 Å². The van der Waals surface area contributed by atoms with Gasteiger partial charge in [-0.15, -0.1) is 0 Å². The molecule has 0 aliphatic heterocycles. The number of hydrogen-bond acceptors (Lipinski definition) is 4. The van der Waals surface area contributed by atoms with E-state index in [9.17, 15) is 9.59 Å². The van der Waals surface area contributed by atoms with Crippen molar-refractivity contribution in [2.75, 3.05) is 7.11 Å². The van der Waals surface area contributed by atoms with E-state index < -0.39 is 11.4 Å². The van der Waals surface area contributed by atoms with Crippen molar-refractivity contribution in [3.63, 3.8) is 0 Å². The minimum Gasteiger partial charge on any atom is -0.497 e. The van der Waals surface area contributed by atoms with Gasteiger partial charge in [0.15, 0.2) is 0 Å². The Labute approximate surface area is 175 Å². The molecule has 0 fully saturated rings. The quantitative estimate of drug-likeness (QED) is 0.664. The van der Waals surface area contributed by atoms with Crippen LogP contribution in [0.1, 0.15) is 43.8 Å². The summed E-state index contributed by atoms with van der Waals surface area (Å²) in [6.45, 7) is 0. The molecule has 152 valence electrons. The highest BCUT2D eigenvalue weighted by Gasteiger charge is 2.40. The summed E-state index contributed by atoms with van der Waals surface area (Å²) >= 11 is 0. The van der Waals surface area contributed by atoms with Gasteiger partial charge in [-0.05, 0) is 72.4 Å². The number of nitrogens with one attached hydrogen (secondary N) is 1. The van der Waals surface area contributed by atoms with Crippen LogP contribution in [0.25, 0.3) is 0 Å². The molecule has 30 heavy (non-hydrogen) atoms. The number of hydrogen-bond donors (Lipinski definition) is 2. The van der Waals surface area contributed by atoms with Crippen LogP contribution in [-0.2, 0) is 18.4 Å². The molecular formula is C24H23N3O3. The van der Waals surface area contributed by atoms with Gasteiger partial charge in [-0.1, -0.05) is 18.2 Å². The Bertz CT molecular complexity index is 1080. The Hall–Kier alpha value is -3.67. The van der Waals surface area contributed by atoms with Gasteiger partial charge >= 0.3 is 0 Å². The van der Waals surface area contributed by atoms with Crippen LogP contribution in [0.2, 0.25) is 0 Å². The second-order valence-corrected chi connectivity index (χ2v) is 7.54. The zero-order chi connectivity index (χ0) is 21.1. The lowest BCUT2D eigenvalue weighted by Crippen LogP contribution is -2.46. The SMILES string of the molecule is COc1ccc2c(c1)[C@@](Cc1ccc(C(N)=O)cc1)(NC(=O)c1cccnc1)CC2. The number of carbonyl (C=O) groups is 2. The lowest BCUT2D eigenvalue weighted by molar-refractivity contribution is 0.0894. The van der Waals surface area contributed by atoms with Crippen LogP contribution in [0, 0.1) is 0 Å². The van der Waals surface area contributed by atoms with Crippen molar-refractivity contribution in [1.29, 1.82) is 0 Å². The van der Waals surface area contributed by atoms with Crippen LogP contribution in [0.5, 0.6) is 5.75 Å². The van der Waals surface area contributed by atoms with Gasteiger partial charge in [-0.2, -0.15) is 0 Å². The highest BCUT2D eigenvalue weighted by atomic mass is 16.5. The molecule has 2 aromatic carbocycles. The van der Waals surface area contributed by atoms with E-state index in [4.69, 9.17) is 10.5 Å². The van der Waals surface area contributed by atoms with E-state index in [-0.39, 0.29) is 5.91 Å². The van der Waals surface area contributed by atoms with Crippen molar-refractivity contribution in [3.8, 4) is 5.75 Å². The number of benzene rings is 2. The van der Waals surface area contributed by atoms with Crippen LogP contribution in [-0.4, -0.2) is 23.9 Å². The third-order valence-corrected chi connectivity index (χ3v) is 5.67. The van der Waals surface area contributed by atoms with Gasteiger partial charge in [-0.3, -0.25) is 14.6 Å². The predicted molar refractivity (Wildman–Crippen MR) is 113 cm³/mol. The molecule has 0 unspecified atom stereocenters. The minimum atomic E-state index is -0.592. The minimum absolute atomic E-state index is 0.174. The van der Waals surface area contributed by atoms with Crippen LogP contribution < -0.4 is 15.8 Å². The first-order chi connectivity index (χ1) is 14.5. The fraction of sp³-hybridized carbons (Fsp3) is 0.208. The summed E-state index contributed by atoms with van der Waals surface area (Å²) in [6, 6.07) is 16.7. The van der Waals surface area contributed by atoms with Crippen molar-refractivity contribution in [2.45, 2.75) is 24.8 Å². The van der Waals surface area contributed by atoms with Gasteiger partial charge in [0, 0.05) is 18.0 Å². The maximum Gasteiger partial charge on any atom is 0.253 e. The zero-order valence-electron chi connectivity index (χ0n) is 16.7. The Morgan fingerprint density at radius 1 is 1.13 bits per heavy atom. The van der Waals surface area contributed by atoms with Crippen molar-refractivity contribution >= 4 is 11.8 Å². The molecule has 1 aliphatic carbocycles. The fourth-order valence-electron chi connectivity index (χ4n) is 4.11. The Morgan fingerprint density at radius 2 is 1.93 bits per heavy atom. The molecule has 1 aliphatic rings. The van der Waals surface area contributed by atoms with E-state index >= 15 is 0 Å². The highest BCUT2D eigenvalue weighted by Crippen LogP contribution is 2.41. The summed E-state index contributed by atoms with van der Waals surface area (Å²) in [6.07, 6.45) is 5.40. The van der Waals surface area contributed by atoms with E-state index in [1.807, 2.05) is 24.3 Å². The molecule has 1 aromatic heterocycles. The third kappa shape index (κ3) is 3.76. The molecule has 6 nitrogen and oxygen atoms in total. The van der Waals surface area contributed by atoms with Gasteiger partial charge in [0.05, 0.1) is 18.2 Å². The summed E-state index contributed by atoms with van der Waals surface area (Å²) < 4.78 is 5.44. The van der Waals surface area contributed by atoms with Crippen LogP contribution in [0.4, 0.5) is 0 Å². The van der Waals surface area contributed by atoms with Crippen LogP contribution in [0.15, 0.2) is 67.0 Å². The van der Waals surface area contributed by atoms with Crippen LogP contribution in [0.3, 0.4) is 0 Å². The molecule has 1 atom stereocenters. The molecular weight excluding hydrogens is 378 g/mol. The number of ether oxygens (including phenoxy) is 1. The number of nitrogens with two attached hydrogens (primary N) is 1. The first-order valence-corrected chi connectivity index (χ1v) is 9.79. The molecule has 2 amide bonds. The lowest BCUT2D eigenvalue weighted by atomic mass is 9.84. The monoisotopic (exact) mass is 401 g/mol. The number of carbonyl (C=O) groups excluding carboxylic acids is 2. The van der Waals surface area contributed by atoms with E-state index in [0.29, 0.717) is 17.5 Å². The Kier molecular flexibility index (Phi) is 5.23. The molecule has 0 spiro atoms. The van der Waals surface area contributed by atoms with E-state index in [1.54, 1.807) is 43.8 Å². The largest absolute Gasteiger partial charge is 0.497 e. The van der Waals surface area contributed by atoms with E-state index in [1.165, 1.54) is 5.56 Å². The number of aryl methyl sites for hydroxylation is 1. The maximum absolute atomic E-state index is 13.1. The van der Waals surface area contributed by atoms with Gasteiger partial charge < -0.3 is 15.8 Å². The Balaban J connectivity index is 1.73. The number of primary amides is 1. The molecule has 3 aromatic rings. The second-order valence-electron chi connectivity index (χ2n) is 7.54. The summed E-state index contributed by atoms with van der Waals surface area (Å²) in [5.41, 5.74) is 8.99. The van der Waals surface area contributed by atoms with Crippen molar-refractivity contribution < 1.29 is 14.3 Å². The first kappa shape index (κ1) is 19.6. The number of methoxy groups -OCH3 is 1. The topological polar surface area (TPSA) is 94.3 Å². The number of rotatable bonds is 6. The number of aromatic nitrogens is 1. The number of amides is 2. The van der Waals surface area contributed by atoms with Crippen LogP contribution >= 0.6 is 0 Å². The van der Waals surface area contributed by atoms with Crippen molar-refractivity contribution in [1.82, 2.24) is 10.3 Å². The average molecular weight is 401 g/mol. The molecule has 0 saturated carbocycles. The molecule has 0 saturated heterocycles. The molecule has 4 rings (SSSR count). The second kappa shape index (κ2) is 7.99. The highest BCUT2D eigenvalue weighted by molar-refractivity contribution is 5.94. The molecule has 6 heteroatoms. The molecule has 0 bridgehead atoms. The van der Waals surface area contributed by atoms with Crippen molar-refractivity contribution in [2.24, 2.45) is 5.73 Å². The average Bonchev–Trinajstić information content (AvgIpc) is 3.12. The molecule has 0 radical (unpaired) electrons. The maximum atomic E-state index is 13.1. The summed E-state index contributed by atoms with van der Waals surface area (Å²) in [5.74, 6) is 0.115. The van der Waals surface area contributed by atoms with Gasteiger partial charge in [-0.25, -0.2) is 0 Å². The standard InChI is InChI=1S/C24H23N3O3/c1-30-20-9-8-17-10-11-24(21(17)13-20,27-23(29)19-3-2-12-26-15-19)14-16-4-6-18(7-5-16)22(25)28/h2-9,12-13,15H,10-11,14H2,1H3,(H2,25,28)(H,27,29)/t24-/m1/s1.